The molecule has 0 atom stereocenters. The molecule has 222 valence electrons. The van der Waals surface area contributed by atoms with Crippen molar-refractivity contribution >= 4 is 54.1 Å². The van der Waals surface area contributed by atoms with E-state index in [1.165, 1.54) is 32.3 Å². The molecule has 0 fully saturated rings. The number of hydrogen-bond acceptors (Lipinski definition) is 4. The number of nitrogens with zero attached hydrogens (tertiary/aromatic N) is 4. The number of rotatable bonds is 4. The van der Waals surface area contributed by atoms with Gasteiger partial charge in [0, 0.05) is 39.2 Å². The first kappa shape index (κ1) is 26.7. The molecule has 4 nitrogen and oxygen atoms in total. The fraction of sp³-hybridized carbons (Fsp3) is 0. The van der Waals surface area contributed by atoms with E-state index in [0.29, 0.717) is 0 Å². The van der Waals surface area contributed by atoms with Crippen LogP contribution in [0.3, 0.4) is 0 Å². The lowest BCUT2D eigenvalue weighted by Gasteiger charge is -2.16. The van der Waals surface area contributed by atoms with E-state index in [9.17, 15) is 0 Å². The van der Waals surface area contributed by atoms with Crippen LogP contribution in [0.15, 0.2) is 158 Å². The Labute approximate surface area is 276 Å². The molecule has 10 aromatic rings. The molecule has 3 heterocycles. The molecule has 48 heavy (non-hydrogen) atoms. The molecule has 0 aliphatic heterocycles. The van der Waals surface area contributed by atoms with E-state index in [4.69, 9.17) is 15.0 Å². The Morgan fingerprint density at radius 1 is 0.333 bits per heavy atom. The summed E-state index contributed by atoms with van der Waals surface area (Å²) in [6.45, 7) is 0. The third-order valence-corrected chi connectivity index (χ3v) is 9.49. The van der Waals surface area contributed by atoms with E-state index >= 15 is 0 Å². The van der Waals surface area contributed by atoms with Gasteiger partial charge in [-0.1, -0.05) is 133 Å². The van der Waals surface area contributed by atoms with E-state index in [-0.39, 0.29) is 0 Å². The van der Waals surface area contributed by atoms with Gasteiger partial charge in [-0.15, -0.1) is 0 Å². The maximum atomic E-state index is 5.31. The molecule has 0 bridgehead atoms. The van der Waals surface area contributed by atoms with Gasteiger partial charge in [-0.05, 0) is 50.5 Å². The number of hydrogen-bond donors (Lipinski definition) is 0. The van der Waals surface area contributed by atoms with Gasteiger partial charge < -0.3 is 0 Å². The smallest absolute Gasteiger partial charge is 0.159 e. The summed E-state index contributed by atoms with van der Waals surface area (Å²) in [6, 6.07) is 53.1. The predicted octanol–water partition coefficient (Wildman–Crippen LogP) is 11.1. The average molecular weight is 611 g/mol. The van der Waals surface area contributed by atoms with Crippen molar-refractivity contribution in [1.29, 1.82) is 0 Å². The van der Waals surface area contributed by atoms with Crippen LogP contribution in [0, 0.1) is 0 Å². The molecule has 7 aromatic carbocycles. The van der Waals surface area contributed by atoms with Crippen LogP contribution < -0.4 is 0 Å². The molecule has 0 aliphatic rings. The van der Waals surface area contributed by atoms with Crippen LogP contribution in [-0.4, -0.2) is 19.9 Å². The number of fused-ring (bicyclic) bond motifs is 3. The first-order valence-electron chi connectivity index (χ1n) is 16.1. The van der Waals surface area contributed by atoms with E-state index in [1.54, 1.807) is 0 Å². The first-order chi connectivity index (χ1) is 23.8. The number of pyridine rings is 2. The van der Waals surface area contributed by atoms with Gasteiger partial charge in [0.15, 0.2) is 5.82 Å². The zero-order valence-electron chi connectivity index (χ0n) is 25.8. The quantitative estimate of drug-likeness (QED) is 0.186. The molecule has 0 radical (unpaired) electrons. The Morgan fingerprint density at radius 3 is 1.44 bits per heavy atom. The largest absolute Gasteiger partial charge is 0.245 e. The van der Waals surface area contributed by atoms with Crippen LogP contribution in [0.25, 0.3) is 99.3 Å². The summed E-state index contributed by atoms with van der Waals surface area (Å²) < 4.78 is 0. The number of benzene rings is 7. The lowest BCUT2D eigenvalue weighted by atomic mass is 9.88. The van der Waals surface area contributed by atoms with E-state index in [0.717, 1.165) is 67.0 Å². The van der Waals surface area contributed by atoms with E-state index in [1.807, 2.05) is 60.8 Å². The van der Waals surface area contributed by atoms with Gasteiger partial charge >= 0.3 is 0 Å². The second kappa shape index (κ2) is 10.5. The van der Waals surface area contributed by atoms with Crippen molar-refractivity contribution in [2.45, 2.75) is 0 Å². The Balaban J connectivity index is 1.17. The van der Waals surface area contributed by atoms with Gasteiger partial charge in [-0.2, -0.15) is 0 Å². The molecule has 0 spiro atoms. The van der Waals surface area contributed by atoms with Crippen molar-refractivity contribution in [3.05, 3.63) is 158 Å². The maximum Gasteiger partial charge on any atom is 0.159 e. The summed E-state index contributed by atoms with van der Waals surface area (Å²) in [4.78, 5) is 20.0. The Bertz CT molecular complexity index is 2830. The molecule has 0 saturated carbocycles. The highest BCUT2D eigenvalue weighted by molar-refractivity contribution is 6.27. The van der Waals surface area contributed by atoms with Crippen molar-refractivity contribution in [3.8, 4) is 45.2 Å². The molecule has 0 N–H and O–H groups in total. The monoisotopic (exact) mass is 610 g/mol. The first-order valence-corrected chi connectivity index (χ1v) is 16.1. The normalized spacial score (nSPS) is 11.8. The second-order valence-corrected chi connectivity index (χ2v) is 12.2. The Hall–Kier alpha value is -6.52. The SMILES string of the molecule is c1ccc(-c2ccc3ccc4ccc(-c5ccc6ccc7c(-c8ccnc(-c9ccccc9)n8)ccc8ccc5c6c87)nc4c3n2)cc1. The lowest BCUT2D eigenvalue weighted by Crippen LogP contribution is -1.94. The van der Waals surface area contributed by atoms with E-state index < -0.39 is 0 Å². The molecule has 3 aromatic heterocycles. The summed E-state index contributed by atoms with van der Waals surface area (Å²) in [7, 11) is 0. The minimum absolute atomic E-state index is 0.723. The molecular formula is C44H26N4. The van der Waals surface area contributed by atoms with Gasteiger partial charge in [0.1, 0.15) is 0 Å². The van der Waals surface area contributed by atoms with Gasteiger partial charge in [0.25, 0.3) is 0 Å². The third kappa shape index (κ3) is 4.16. The highest BCUT2D eigenvalue weighted by atomic mass is 14.9. The predicted molar refractivity (Wildman–Crippen MR) is 198 cm³/mol. The Kier molecular flexibility index (Phi) is 5.84. The van der Waals surface area contributed by atoms with E-state index in [2.05, 4.69) is 102 Å². The van der Waals surface area contributed by atoms with Crippen LogP contribution in [0.5, 0.6) is 0 Å². The third-order valence-electron chi connectivity index (χ3n) is 9.49. The summed E-state index contributed by atoms with van der Waals surface area (Å²) in [6.07, 6.45) is 1.85. The van der Waals surface area contributed by atoms with Gasteiger partial charge in [0.2, 0.25) is 0 Å². The van der Waals surface area contributed by atoms with Gasteiger partial charge in [-0.25, -0.2) is 19.9 Å². The maximum absolute atomic E-state index is 5.31. The molecule has 0 aliphatic carbocycles. The van der Waals surface area contributed by atoms with Crippen molar-refractivity contribution in [2.24, 2.45) is 0 Å². The summed E-state index contributed by atoms with van der Waals surface area (Å²) >= 11 is 0. The van der Waals surface area contributed by atoms with Crippen LogP contribution in [0.1, 0.15) is 0 Å². The lowest BCUT2D eigenvalue weighted by molar-refractivity contribution is 1.18. The van der Waals surface area contributed by atoms with Gasteiger partial charge in [0.05, 0.1) is 28.1 Å². The summed E-state index contributed by atoms with van der Waals surface area (Å²) in [5.41, 5.74) is 8.91. The minimum atomic E-state index is 0.723. The van der Waals surface area contributed by atoms with Crippen LogP contribution in [-0.2, 0) is 0 Å². The van der Waals surface area contributed by atoms with Crippen molar-refractivity contribution in [2.75, 3.05) is 0 Å². The van der Waals surface area contributed by atoms with Crippen LogP contribution in [0.4, 0.5) is 0 Å². The zero-order valence-corrected chi connectivity index (χ0v) is 25.8. The molecule has 10 rings (SSSR count). The highest BCUT2D eigenvalue weighted by Gasteiger charge is 2.17. The Morgan fingerprint density at radius 2 is 0.812 bits per heavy atom. The standard InChI is InChI=1S/C44H26N4/c1-3-7-27(8-4-1)37-23-17-30-11-12-31-18-24-38(47-43(31)42(30)46-37)33-19-13-28-16-22-36-34(20-14-29-15-21-35(33)40(28)41(29)36)39-25-26-45-44(48-39)32-9-5-2-6-10-32/h1-26H. The molecule has 4 heteroatoms. The van der Waals surface area contributed by atoms with Crippen molar-refractivity contribution in [1.82, 2.24) is 19.9 Å². The topological polar surface area (TPSA) is 51.6 Å². The fourth-order valence-corrected chi connectivity index (χ4v) is 7.17. The number of aromatic nitrogens is 4. The minimum Gasteiger partial charge on any atom is -0.245 e. The van der Waals surface area contributed by atoms with Crippen LogP contribution >= 0.6 is 0 Å². The van der Waals surface area contributed by atoms with Crippen molar-refractivity contribution in [3.63, 3.8) is 0 Å². The van der Waals surface area contributed by atoms with Crippen LogP contribution in [0.2, 0.25) is 0 Å². The van der Waals surface area contributed by atoms with Gasteiger partial charge in [-0.3, -0.25) is 0 Å². The molecular weight excluding hydrogens is 585 g/mol. The summed E-state index contributed by atoms with van der Waals surface area (Å²) in [5.74, 6) is 0.723. The zero-order chi connectivity index (χ0) is 31.6. The molecule has 0 unspecified atom stereocenters. The fourth-order valence-electron chi connectivity index (χ4n) is 7.17. The average Bonchev–Trinajstić information content (AvgIpc) is 3.17. The molecule has 0 saturated heterocycles. The summed E-state index contributed by atoms with van der Waals surface area (Å²) in [5, 5.41) is 9.40. The second-order valence-electron chi connectivity index (χ2n) is 12.2. The van der Waals surface area contributed by atoms with Crippen molar-refractivity contribution < 1.29 is 0 Å². The highest BCUT2D eigenvalue weighted by Crippen LogP contribution is 2.42. The molecule has 0 amide bonds.